The Morgan fingerprint density at radius 1 is 0.769 bits per heavy atom. The van der Waals surface area contributed by atoms with E-state index in [1.807, 2.05) is 0 Å². The first kappa shape index (κ1) is 23.0. The van der Waals surface area contributed by atoms with Crippen LogP contribution in [0.5, 0.6) is 0 Å². The zero-order valence-corrected chi connectivity index (χ0v) is 17.7. The van der Waals surface area contributed by atoms with Crippen LogP contribution in [0, 0.1) is 0 Å². The normalized spacial score (nSPS) is 13.5. The second-order valence-corrected chi connectivity index (χ2v) is 8.31. The van der Waals surface area contributed by atoms with Crippen molar-refractivity contribution in [2.45, 2.75) is 84.0 Å². The molecule has 0 heterocycles. The number of quaternary nitrogens is 1. The number of aryl methyl sites for hydroxylation is 1. The van der Waals surface area contributed by atoms with E-state index in [4.69, 9.17) is 0 Å². The molecule has 0 amide bonds. The fourth-order valence-electron chi connectivity index (χ4n) is 3.90. The third kappa shape index (κ3) is 11.5. The van der Waals surface area contributed by atoms with Crippen molar-refractivity contribution in [1.29, 1.82) is 0 Å². The molecule has 0 saturated heterocycles. The lowest BCUT2D eigenvalue weighted by molar-refractivity contribution is -0.904. The van der Waals surface area contributed by atoms with Gasteiger partial charge in [-0.1, -0.05) is 95.2 Å². The molecule has 1 heteroatoms. The molecule has 0 aromatic heterocycles. The van der Waals surface area contributed by atoms with Gasteiger partial charge in [0.1, 0.15) is 0 Å². The number of likely N-dealkylation sites (N-methyl/N-ethyl adjacent to an activating group) is 1. The number of nitrogens with zero attached hydrogens (tertiary/aromatic N) is 1. The van der Waals surface area contributed by atoms with Gasteiger partial charge in [-0.05, 0) is 30.9 Å². The fraction of sp³-hybridized carbons (Fsp3) is 0.680. The third-order valence-corrected chi connectivity index (χ3v) is 5.63. The number of hydrogen-bond acceptors (Lipinski definition) is 0. The molecule has 0 N–H and O–H groups in total. The molecule has 148 valence electrons. The van der Waals surface area contributed by atoms with Crippen LogP contribution in [0.15, 0.2) is 43.0 Å². The van der Waals surface area contributed by atoms with Gasteiger partial charge in [-0.2, -0.15) is 0 Å². The maximum absolute atomic E-state index is 4.00. The van der Waals surface area contributed by atoms with Crippen LogP contribution >= 0.6 is 0 Å². The van der Waals surface area contributed by atoms with Crippen molar-refractivity contribution in [3.05, 3.63) is 48.6 Å². The smallest absolute Gasteiger partial charge is 0.0969 e. The molecular formula is C25H44N+. The van der Waals surface area contributed by atoms with E-state index in [0.717, 1.165) is 11.0 Å². The average molecular weight is 359 g/mol. The quantitative estimate of drug-likeness (QED) is 0.157. The summed E-state index contributed by atoms with van der Waals surface area (Å²) >= 11 is 0. The summed E-state index contributed by atoms with van der Waals surface area (Å²) in [5.41, 5.74) is 1.47. The van der Waals surface area contributed by atoms with Gasteiger partial charge >= 0.3 is 0 Å². The zero-order chi connectivity index (χ0) is 18.9. The Labute approximate surface area is 164 Å². The second kappa shape index (κ2) is 15.0. The second-order valence-electron chi connectivity index (χ2n) is 8.31. The Hall–Kier alpha value is -1.08. The molecule has 0 aliphatic rings. The minimum Gasteiger partial charge on any atom is -0.323 e. The molecule has 0 spiro atoms. The molecule has 0 saturated carbocycles. The minimum atomic E-state index is 1.10. The molecule has 1 rings (SSSR count). The largest absolute Gasteiger partial charge is 0.323 e. The van der Waals surface area contributed by atoms with Crippen molar-refractivity contribution >= 4 is 0 Å². The van der Waals surface area contributed by atoms with Gasteiger partial charge in [0.05, 0.1) is 26.7 Å². The molecule has 26 heavy (non-hydrogen) atoms. The predicted molar refractivity (Wildman–Crippen MR) is 118 cm³/mol. The van der Waals surface area contributed by atoms with Crippen LogP contribution in [0.4, 0.5) is 0 Å². The Bertz CT molecular complexity index is 439. The molecular weight excluding hydrogens is 314 g/mol. The topological polar surface area (TPSA) is 0 Å². The highest BCUT2D eigenvalue weighted by Gasteiger charge is 2.18. The Balaban J connectivity index is 2.11. The molecule has 1 unspecified atom stereocenters. The first-order valence-corrected chi connectivity index (χ1v) is 11.2. The van der Waals surface area contributed by atoms with Crippen molar-refractivity contribution in [3.63, 3.8) is 0 Å². The van der Waals surface area contributed by atoms with Crippen LogP contribution in [0.2, 0.25) is 0 Å². The monoisotopic (exact) mass is 358 g/mol. The van der Waals surface area contributed by atoms with E-state index in [9.17, 15) is 0 Å². The van der Waals surface area contributed by atoms with Crippen molar-refractivity contribution in [2.24, 2.45) is 0 Å². The molecule has 0 aliphatic heterocycles. The van der Waals surface area contributed by atoms with Crippen LogP contribution in [0.1, 0.15) is 83.1 Å². The third-order valence-electron chi connectivity index (χ3n) is 5.63. The summed E-state index contributed by atoms with van der Waals surface area (Å²) in [6, 6.07) is 10.9. The van der Waals surface area contributed by atoms with Gasteiger partial charge in [-0.3, -0.25) is 0 Å². The first-order chi connectivity index (χ1) is 12.7. The average Bonchev–Trinajstić information content (AvgIpc) is 2.64. The summed E-state index contributed by atoms with van der Waals surface area (Å²) in [6.07, 6.45) is 18.8. The summed E-state index contributed by atoms with van der Waals surface area (Å²) in [4.78, 5) is 0. The lowest BCUT2D eigenvalue weighted by atomic mass is 10.1. The first-order valence-electron chi connectivity index (χ1n) is 11.2. The van der Waals surface area contributed by atoms with Gasteiger partial charge < -0.3 is 4.48 Å². The van der Waals surface area contributed by atoms with Crippen LogP contribution in [-0.4, -0.2) is 31.2 Å². The van der Waals surface area contributed by atoms with Gasteiger partial charge in [-0.15, -0.1) is 0 Å². The van der Waals surface area contributed by atoms with E-state index >= 15 is 0 Å². The molecule has 1 atom stereocenters. The van der Waals surface area contributed by atoms with Crippen LogP contribution in [0.25, 0.3) is 0 Å². The number of rotatable bonds is 17. The highest BCUT2D eigenvalue weighted by molar-refractivity contribution is 5.14. The fourth-order valence-corrected chi connectivity index (χ4v) is 3.90. The van der Waals surface area contributed by atoms with Gasteiger partial charge in [0, 0.05) is 6.42 Å². The van der Waals surface area contributed by atoms with Crippen LogP contribution in [-0.2, 0) is 6.42 Å². The summed E-state index contributed by atoms with van der Waals surface area (Å²) in [5.74, 6) is 0. The maximum Gasteiger partial charge on any atom is 0.0969 e. The Morgan fingerprint density at radius 3 is 1.88 bits per heavy atom. The van der Waals surface area contributed by atoms with Gasteiger partial charge in [0.25, 0.3) is 0 Å². The molecule has 1 nitrogen and oxygen atoms in total. The molecule has 1 aromatic carbocycles. The van der Waals surface area contributed by atoms with E-state index in [1.54, 1.807) is 0 Å². The zero-order valence-electron chi connectivity index (χ0n) is 17.7. The van der Waals surface area contributed by atoms with Crippen molar-refractivity contribution in [2.75, 3.05) is 26.7 Å². The van der Waals surface area contributed by atoms with Gasteiger partial charge in [0.2, 0.25) is 0 Å². The number of benzene rings is 1. The van der Waals surface area contributed by atoms with Crippen molar-refractivity contribution < 1.29 is 4.48 Å². The molecule has 0 aliphatic carbocycles. The summed E-state index contributed by atoms with van der Waals surface area (Å²) in [7, 11) is 2.42. The lowest BCUT2D eigenvalue weighted by Crippen LogP contribution is -2.45. The standard InChI is InChI=1S/C25H44N/c1-4-6-7-8-9-10-11-12-13-17-23-26(3,22-5-2)24-18-21-25-19-15-14-16-20-25/h5,14-16,19-20H,2,4,6-13,17-18,21-24H2,1,3H3/q+1. The van der Waals surface area contributed by atoms with E-state index in [1.165, 1.54) is 95.7 Å². The van der Waals surface area contributed by atoms with Crippen molar-refractivity contribution in [1.82, 2.24) is 0 Å². The molecule has 0 fully saturated rings. The SMILES string of the molecule is C=CC[N+](C)(CCCCCCCCCCCC)CCCc1ccccc1. The van der Waals surface area contributed by atoms with Crippen LogP contribution in [0.3, 0.4) is 0 Å². The number of hydrogen-bond donors (Lipinski definition) is 0. The molecule has 1 aromatic rings. The lowest BCUT2D eigenvalue weighted by Gasteiger charge is -2.34. The Morgan fingerprint density at radius 2 is 1.31 bits per heavy atom. The van der Waals surface area contributed by atoms with E-state index in [2.05, 4.69) is 57.0 Å². The van der Waals surface area contributed by atoms with Gasteiger partial charge in [-0.25, -0.2) is 0 Å². The number of unbranched alkanes of at least 4 members (excludes halogenated alkanes) is 9. The molecule has 0 radical (unpaired) electrons. The minimum absolute atomic E-state index is 1.10. The van der Waals surface area contributed by atoms with Gasteiger partial charge in [0.15, 0.2) is 0 Å². The van der Waals surface area contributed by atoms with Crippen molar-refractivity contribution in [3.8, 4) is 0 Å². The van der Waals surface area contributed by atoms with E-state index in [0.29, 0.717) is 0 Å². The van der Waals surface area contributed by atoms with E-state index in [-0.39, 0.29) is 0 Å². The highest BCUT2D eigenvalue weighted by atomic mass is 15.3. The van der Waals surface area contributed by atoms with Crippen LogP contribution < -0.4 is 0 Å². The molecule has 0 bridgehead atoms. The summed E-state index contributed by atoms with van der Waals surface area (Å²) < 4.78 is 1.16. The summed E-state index contributed by atoms with van der Waals surface area (Å²) in [6.45, 7) is 9.96. The maximum atomic E-state index is 4.00. The van der Waals surface area contributed by atoms with E-state index < -0.39 is 0 Å². The Kier molecular flexibility index (Phi) is 13.3. The predicted octanol–water partition coefficient (Wildman–Crippen LogP) is 7.17. The summed E-state index contributed by atoms with van der Waals surface area (Å²) in [5, 5.41) is 0. The highest BCUT2D eigenvalue weighted by Crippen LogP contribution is 2.14.